The number of carbonyl (C=O) groups is 1. The van der Waals surface area contributed by atoms with Crippen molar-refractivity contribution in [3.8, 4) is 0 Å². The summed E-state index contributed by atoms with van der Waals surface area (Å²) in [5, 5.41) is 5.28. The van der Waals surface area contributed by atoms with Crippen LogP contribution in [-0.4, -0.2) is 29.9 Å². The maximum absolute atomic E-state index is 12.6. The molecule has 20 heavy (non-hydrogen) atoms. The third-order valence-corrected chi connectivity index (χ3v) is 5.15. The van der Waals surface area contributed by atoms with E-state index in [1.54, 1.807) is 11.3 Å². The highest BCUT2D eigenvalue weighted by molar-refractivity contribution is 7.10. The lowest BCUT2D eigenvalue weighted by atomic mass is 10.0. The summed E-state index contributed by atoms with van der Waals surface area (Å²) in [4.78, 5) is 16.2. The Morgan fingerprint density at radius 2 is 2.25 bits per heavy atom. The molecule has 1 N–H and O–H groups in total. The number of amides is 1. The Bertz CT molecular complexity index is 436. The van der Waals surface area contributed by atoms with Crippen molar-refractivity contribution in [2.75, 3.05) is 18.4 Å². The van der Waals surface area contributed by atoms with E-state index in [2.05, 4.69) is 36.4 Å². The normalized spacial score (nSPS) is 20.1. The Morgan fingerprint density at radius 1 is 1.45 bits per heavy atom. The Balaban J connectivity index is 2.02. The number of piperidine rings is 1. The number of nitrogens with one attached hydrogen (secondary N) is 1. The zero-order valence-corrected chi connectivity index (χ0v) is 13.7. The highest BCUT2D eigenvalue weighted by atomic mass is 32.1. The van der Waals surface area contributed by atoms with Crippen LogP contribution in [-0.2, 0) is 4.79 Å². The summed E-state index contributed by atoms with van der Waals surface area (Å²) in [5.74, 6) is 0.186. The fourth-order valence-electron chi connectivity index (χ4n) is 2.88. The first-order chi connectivity index (χ1) is 9.63. The molecule has 0 bridgehead atoms. The largest absolute Gasteiger partial charge is 0.323 e. The lowest BCUT2D eigenvalue weighted by molar-refractivity contribution is -0.122. The van der Waals surface area contributed by atoms with E-state index in [-0.39, 0.29) is 11.9 Å². The van der Waals surface area contributed by atoms with E-state index in [9.17, 15) is 4.79 Å². The van der Waals surface area contributed by atoms with Gasteiger partial charge in [0.2, 0.25) is 5.91 Å². The lowest BCUT2D eigenvalue weighted by Crippen LogP contribution is -2.47. The second-order valence-electron chi connectivity index (χ2n) is 5.74. The number of likely N-dealkylation sites (tertiary alicyclic amines) is 1. The number of anilines is 1. The van der Waals surface area contributed by atoms with E-state index >= 15 is 0 Å². The summed E-state index contributed by atoms with van der Waals surface area (Å²) in [5.41, 5.74) is 2.21. The van der Waals surface area contributed by atoms with Crippen LogP contribution >= 0.6 is 11.3 Å². The molecule has 2 heterocycles. The van der Waals surface area contributed by atoms with Gasteiger partial charge in [-0.1, -0.05) is 19.8 Å². The van der Waals surface area contributed by atoms with Gasteiger partial charge in [0.05, 0.1) is 11.7 Å². The third kappa shape index (κ3) is 3.61. The number of hydrogen-bond acceptors (Lipinski definition) is 3. The number of rotatable bonds is 5. The first kappa shape index (κ1) is 15.5. The van der Waals surface area contributed by atoms with Gasteiger partial charge in [-0.25, -0.2) is 0 Å². The fourth-order valence-corrected chi connectivity index (χ4v) is 3.68. The second-order valence-corrected chi connectivity index (χ2v) is 6.82. The predicted octanol–water partition coefficient (Wildman–Crippen LogP) is 3.96. The van der Waals surface area contributed by atoms with Gasteiger partial charge < -0.3 is 5.32 Å². The topological polar surface area (TPSA) is 32.3 Å². The van der Waals surface area contributed by atoms with Gasteiger partial charge in [0.25, 0.3) is 0 Å². The SMILES string of the molecule is CCCCN1CCCCC1C(=O)Nc1c(C)csc1C. The van der Waals surface area contributed by atoms with Crippen LogP contribution < -0.4 is 5.32 Å². The van der Waals surface area contributed by atoms with Gasteiger partial charge in [-0.05, 0) is 57.1 Å². The summed E-state index contributed by atoms with van der Waals surface area (Å²) in [6, 6.07) is 0.0639. The zero-order valence-electron chi connectivity index (χ0n) is 12.9. The van der Waals surface area contributed by atoms with Crippen LogP contribution in [0.15, 0.2) is 5.38 Å². The summed E-state index contributed by atoms with van der Waals surface area (Å²) in [7, 11) is 0. The zero-order chi connectivity index (χ0) is 14.5. The van der Waals surface area contributed by atoms with Crippen molar-refractivity contribution in [1.82, 2.24) is 4.90 Å². The maximum atomic E-state index is 12.6. The molecule has 0 radical (unpaired) electrons. The molecule has 1 aliphatic rings. The number of carbonyl (C=O) groups excluding carboxylic acids is 1. The van der Waals surface area contributed by atoms with Crippen LogP contribution in [0.25, 0.3) is 0 Å². The van der Waals surface area contributed by atoms with Gasteiger partial charge in [0.1, 0.15) is 0 Å². The molecule has 1 aromatic heterocycles. The van der Waals surface area contributed by atoms with Gasteiger partial charge in [-0.15, -0.1) is 11.3 Å². The van der Waals surface area contributed by atoms with Crippen molar-refractivity contribution in [2.45, 2.75) is 58.9 Å². The minimum absolute atomic E-state index is 0.0639. The molecule has 2 rings (SSSR count). The molecule has 3 nitrogen and oxygen atoms in total. The van der Waals surface area contributed by atoms with Crippen LogP contribution in [0.5, 0.6) is 0 Å². The van der Waals surface area contributed by atoms with Gasteiger partial charge in [-0.2, -0.15) is 0 Å². The quantitative estimate of drug-likeness (QED) is 0.891. The fraction of sp³-hybridized carbons (Fsp3) is 0.688. The highest BCUT2D eigenvalue weighted by Crippen LogP contribution is 2.27. The number of nitrogens with zero attached hydrogens (tertiary/aromatic N) is 1. The van der Waals surface area contributed by atoms with Crippen molar-refractivity contribution in [3.63, 3.8) is 0 Å². The van der Waals surface area contributed by atoms with Crippen molar-refractivity contribution < 1.29 is 4.79 Å². The minimum Gasteiger partial charge on any atom is -0.323 e. The van der Waals surface area contributed by atoms with Crippen molar-refractivity contribution >= 4 is 22.9 Å². The Morgan fingerprint density at radius 3 is 2.90 bits per heavy atom. The molecule has 1 fully saturated rings. The molecular weight excluding hydrogens is 268 g/mol. The number of hydrogen-bond donors (Lipinski definition) is 1. The van der Waals surface area contributed by atoms with Crippen LogP contribution in [0.1, 0.15) is 49.5 Å². The average molecular weight is 294 g/mol. The first-order valence-electron chi connectivity index (χ1n) is 7.73. The highest BCUT2D eigenvalue weighted by Gasteiger charge is 2.28. The summed E-state index contributed by atoms with van der Waals surface area (Å²) >= 11 is 1.71. The van der Waals surface area contributed by atoms with Gasteiger partial charge in [0, 0.05) is 4.88 Å². The van der Waals surface area contributed by atoms with E-state index in [4.69, 9.17) is 0 Å². The molecule has 4 heteroatoms. The van der Waals surface area contributed by atoms with Gasteiger partial charge in [0.15, 0.2) is 0 Å². The minimum atomic E-state index is 0.0639. The second kappa shape index (κ2) is 7.23. The molecular formula is C16H26N2OS. The molecule has 0 aliphatic carbocycles. The lowest BCUT2D eigenvalue weighted by Gasteiger charge is -2.34. The molecule has 1 aromatic rings. The third-order valence-electron chi connectivity index (χ3n) is 4.12. The van der Waals surface area contributed by atoms with Crippen molar-refractivity contribution in [1.29, 1.82) is 0 Å². The van der Waals surface area contributed by atoms with Crippen molar-refractivity contribution in [2.24, 2.45) is 0 Å². The molecule has 1 unspecified atom stereocenters. The first-order valence-corrected chi connectivity index (χ1v) is 8.61. The monoisotopic (exact) mass is 294 g/mol. The van der Waals surface area contributed by atoms with Crippen LogP contribution in [0.4, 0.5) is 5.69 Å². The van der Waals surface area contributed by atoms with E-state index in [1.165, 1.54) is 36.1 Å². The Labute approximate surface area is 126 Å². The molecule has 0 spiro atoms. The van der Waals surface area contributed by atoms with E-state index in [0.717, 1.165) is 25.2 Å². The van der Waals surface area contributed by atoms with Crippen LogP contribution in [0.2, 0.25) is 0 Å². The van der Waals surface area contributed by atoms with E-state index in [1.807, 2.05) is 0 Å². The Hall–Kier alpha value is -0.870. The summed E-state index contributed by atoms with van der Waals surface area (Å²) in [6.45, 7) is 8.46. The molecule has 112 valence electrons. The van der Waals surface area contributed by atoms with Gasteiger partial charge in [-0.3, -0.25) is 9.69 Å². The number of aryl methyl sites for hydroxylation is 2. The molecule has 0 aromatic carbocycles. The van der Waals surface area contributed by atoms with E-state index < -0.39 is 0 Å². The smallest absolute Gasteiger partial charge is 0.241 e. The Kier molecular flexibility index (Phi) is 5.61. The van der Waals surface area contributed by atoms with E-state index in [0.29, 0.717) is 0 Å². The number of unbranched alkanes of at least 4 members (excludes halogenated alkanes) is 1. The molecule has 1 amide bonds. The van der Waals surface area contributed by atoms with Gasteiger partial charge >= 0.3 is 0 Å². The maximum Gasteiger partial charge on any atom is 0.241 e. The van der Waals surface area contributed by atoms with Crippen LogP contribution in [0, 0.1) is 13.8 Å². The van der Waals surface area contributed by atoms with Crippen molar-refractivity contribution in [3.05, 3.63) is 15.8 Å². The number of thiophene rings is 1. The molecule has 1 atom stereocenters. The average Bonchev–Trinajstić information content (AvgIpc) is 2.77. The molecule has 1 aliphatic heterocycles. The summed E-state index contributed by atoms with van der Waals surface area (Å²) in [6.07, 6.45) is 5.76. The van der Waals surface area contributed by atoms with Crippen LogP contribution in [0.3, 0.4) is 0 Å². The molecule has 0 saturated carbocycles. The predicted molar refractivity (Wildman–Crippen MR) is 86.5 cm³/mol. The summed E-state index contributed by atoms with van der Waals surface area (Å²) < 4.78 is 0. The molecule has 1 saturated heterocycles. The standard InChI is InChI=1S/C16H26N2OS/c1-4-5-9-18-10-7-6-8-14(18)16(19)17-15-12(2)11-20-13(15)3/h11,14H,4-10H2,1-3H3,(H,17,19).